The number of aliphatic hydroxyl groups is 1. The summed E-state index contributed by atoms with van der Waals surface area (Å²) in [5, 5.41) is 12.8. The van der Waals surface area contributed by atoms with Gasteiger partial charge in [0.2, 0.25) is 5.91 Å². The molecular weight excluding hydrogens is 414 g/mol. The van der Waals surface area contributed by atoms with Gasteiger partial charge in [-0.3, -0.25) is 14.5 Å². The van der Waals surface area contributed by atoms with Crippen LogP contribution < -0.4 is 5.32 Å². The number of rotatable bonds is 6. The van der Waals surface area contributed by atoms with Gasteiger partial charge in [-0.2, -0.15) is 0 Å². The first-order valence-electron chi connectivity index (χ1n) is 11.2. The van der Waals surface area contributed by atoms with Crippen LogP contribution in [0.4, 0.5) is 0 Å². The van der Waals surface area contributed by atoms with E-state index in [1.165, 1.54) is 24.2 Å². The Morgan fingerprint density at radius 1 is 1.13 bits per heavy atom. The third kappa shape index (κ3) is 5.26. The standard InChI is InChI=1S/C23H31N3O4S/c27-13-9-24-23(29)22-21(17-7-3-4-8-19(17)31-22)18-15-26(12-14-30-18)20(28)16-25-10-5-1-2-6-11-25/h3-4,7-8,18,27H,1-2,5-6,9-16H2,(H,24,29)/t18-/m0/s1. The van der Waals surface area contributed by atoms with Crippen molar-refractivity contribution in [3.8, 4) is 0 Å². The van der Waals surface area contributed by atoms with Crippen LogP contribution in [0.1, 0.15) is 47.0 Å². The second-order valence-corrected chi connectivity index (χ2v) is 9.26. The van der Waals surface area contributed by atoms with E-state index in [4.69, 9.17) is 9.84 Å². The molecule has 2 N–H and O–H groups in total. The summed E-state index contributed by atoms with van der Waals surface area (Å²) >= 11 is 1.43. The summed E-state index contributed by atoms with van der Waals surface area (Å²) in [6.07, 6.45) is 4.47. The van der Waals surface area contributed by atoms with Crippen molar-refractivity contribution in [2.24, 2.45) is 0 Å². The number of hydrogen-bond acceptors (Lipinski definition) is 6. The summed E-state index contributed by atoms with van der Waals surface area (Å²) in [5.41, 5.74) is 0.850. The van der Waals surface area contributed by atoms with Gasteiger partial charge in [0.25, 0.3) is 5.91 Å². The highest BCUT2D eigenvalue weighted by Gasteiger charge is 2.31. The summed E-state index contributed by atoms with van der Waals surface area (Å²) in [4.78, 5) is 30.6. The smallest absolute Gasteiger partial charge is 0.261 e. The predicted octanol–water partition coefficient (Wildman–Crippen LogP) is 2.40. The average molecular weight is 446 g/mol. The molecular formula is C23H31N3O4S. The minimum atomic E-state index is -0.340. The highest BCUT2D eigenvalue weighted by Crippen LogP contribution is 2.38. The molecule has 1 aromatic carbocycles. The maximum absolute atomic E-state index is 13.0. The average Bonchev–Trinajstić information content (AvgIpc) is 3.00. The maximum atomic E-state index is 13.0. The quantitative estimate of drug-likeness (QED) is 0.714. The first-order chi connectivity index (χ1) is 15.2. The van der Waals surface area contributed by atoms with Gasteiger partial charge in [0.15, 0.2) is 0 Å². The number of amides is 2. The highest BCUT2D eigenvalue weighted by atomic mass is 32.1. The minimum absolute atomic E-state index is 0.106. The van der Waals surface area contributed by atoms with Crippen molar-refractivity contribution in [1.29, 1.82) is 0 Å². The Morgan fingerprint density at radius 2 is 1.90 bits per heavy atom. The fraction of sp³-hybridized carbons (Fsp3) is 0.565. The first kappa shape index (κ1) is 22.2. The molecule has 2 aromatic rings. The van der Waals surface area contributed by atoms with E-state index in [1.54, 1.807) is 0 Å². The lowest BCUT2D eigenvalue weighted by Gasteiger charge is -2.34. The topological polar surface area (TPSA) is 82.1 Å². The van der Waals surface area contributed by atoms with Crippen molar-refractivity contribution in [1.82, 2.24) is 15.1 Å². The lowest BCUT2D eigenvalue weighted by atomic mass is 10.0. The molecule has 0 saturated carbocycles. The van der Waals surface area contributed by atoms with Gasteiger partial charge in [0.05, 0.1) is 31.2 Å². The fourth-order valence-electron chi connectivity index (χ4n) is 4.44. The molecule has 1 aromatic heterocycles. The lowest BCUT2D eigenvalue weighted by Crippen LogP contribution is -2.47. The predicted molar refractivity (Wildman–Crippen MR) is 121 cm³/mol. The lowest BCUT2D eigenvalue weighted by molar-refractivity contribution is -0.140. The van der Waals surface area contributed by atoms with Crippen molar-refractivity contribution < 1.29 is 19.4 Å². The normalized spacial score (nSPS) is 20.5. The van der Waals surface area contributed by atoms with Crippen LogP contribution in [0.3, 0.4) is 0 Å². The third-order valence-corrected chi connectivity index (χ3v) is 7.22. The van der Waals surface area contributed by atoms with E-state index >= 15 is 0 Å². The number of thiophene rings is 1. The molecule has 2 aliphatic heterocycles. The molecule has 0 spiro atoms. The van der Waals surface area contributed by atoms with Crippen LogP contribution in [0.2, 0.25) is 0 Å². The molecule has 7 nitrogen and oxygen atoms in total. The number of fused-ring (bicyclic) bond motifs is 1. The Morgan fingerprint density at radius 3 is 2.68 bits per heavy atom. The fourth-order valence-corrected chi connectivity index (χ4v) is 5.61. The van der Waals surface area contributed by atoms with Gasteiger partial charge < -0.3 is 20.1 Å². The van der Waals surface area contributed by atoms with Crippen LogP contribution >= 0.6 is 11.3 Å². The van der Waals surface area contributed by atoms with E-state index < -0.39 is 0 Å². The Hall–Kier alpha value is -2.00. The van der Waals surface area contributed by atoms with Crippen molar-refractivity contribution in [3.63, 3.8) is 0 Å². The maximum Gasteiger partial charge on any atom is 0.261 e. The van der Waals surface area contributed by atoms with Crippen LogP contribution in [-0.4, -0.2) is 79.2 Å². The molecule has 2 fully saturated rings. The van der Waals surface area contributed by atoms with Gasteiger partial charge in [0, 0.05) is 23.4 Å². The molecule has 3 heterocycles. The zero-order valence-corrected chi connectivity index (χ0v) is 18.7. The molecule has 4 rings (SSSR count). The molecule has 0 radical (unpaired) electrons. The number of nitrogens with zero attached hydrogens (tertiary/aromatic N) is 2. The largest absolute Gasteiger partial charge is 0.395 e. The van der Waals surface area contributed by atoms with E-state index in [0.29, 0.717) is 31.1 Å². The number of aliphatic hydroxyl groups excluding tert-OH is 1. The molecule has 2 saturated heterocycles. The number of hydrogen-bond donors (Lipinski definition) is 2. The van der Waals surface area contributed by atoms with Crippen LogP contribution in [-0.2, 0) is 9.53 Å². The molecule has 1 atom stereocenters. The first-order valence-corrected chi connectivity index (χ1v) is 12.0. The summed E-state index contributed by atoms with van der Waals surface area (Å²) in [6, 6.07) is 7.92. The Bertz CT molecular complexity index is 907. The van der Waals surface area contributed by atoms with Crippen molar-refractivity contribution >= 4 is 33.2 Å². The Balaban J connectivity index is 1.53. The van der Waals surface area contributed by atoms with E-state index in [1.807, 2.05) is 29.2 Å². The molecule has 2 aliphatic rings. The number of morpholine rings is 1. The van der Waals surface area contributed by atoms with E-state index in [-0.39, 0.29) is 31.1 Å². The second-order valence-electron chi connectivity index (χ2n) is 8.21. The molecule has 0 unspecified atom stereocenters. The third-order valence-electron chi connectivity index (χ3n) is 6.04. The van der Waals surface area contributed by atoms with Crippen molar-refractivity contribution in [2.45, 2.75) is 31.8 Å². The van der Waals surface area contributed by atoms with Crippen LogP contribution in [0, 0.1) is 0 Å². The Labute approximate surface area is 187 Å². The van der Waals surface area contributed by atoms with E-state index in [0.717, 1.165) is 41.6 Å². The number of benzene rings is 1. The van der Waals surface area contributed by atoms with Gasteiger partial charge in [-0.05, 0) is 37.4 Å². The van der Waals surface area contributed by atoms with Gasteiger partial charge in [-0.1, -0.05) is 31.0 Å². The number of nitrogens with one attached hydrogen (secondary N) is 1. The van der Waals surface area contributed by atoms with E-state index in [2.05, 4.69) is 10.2 Å². The minimum Gasteiger partial charge on any atom is -0.395 e. The van der Waals surface area contributed by atoms with Crippen LogP contribution in [0.5, 0.6) is 0 Å². The molecule has 168 valence electrons. The summed E-state index contributed by atoms with van der Waals surface area (Å²) < 4.78 is 7.10. The van der Waals surface area contributed by atoms with Gasteiger partial charge in [-0.15, -0.1) is 11.3 Å². The number of carbonyl (C=O) groups is 2. The molecule has 0 aliphatic carbocycles. The van der Waals surface area contributed by atoms with Crippen LogP contribution in [0.25, 0.3) is 10.1 Å². The van der Waals surface area contributed by atoms with E-state index in [9.17, 15) is 9.59 Å². The second kappa shape index (κ2) is 10.5. The molecule has 2 amide bonds. The highest BCUT2D eigenvalue weighted by molar-refractivity contribution is 7.21. The molecule has 31 heavy (non-hydrogen) atoms. The summed E-state index contributed by atoms with van der Waals surface area (Å²) in [6.45, 7) is 4.03. The molecule has 0 bridgehead atoms. The van der Waals surface area contributed by atoms with Gasteiger partial charge >= 0.3 is 0 Å². The van der Waals surface area contributed by atoms with Gasteiger partial charge in [0.1, 0.15) is 6.10 Å². The number of ether oxygens (including phenoxy) is 1. The number of likely N-dealkylation sites (tertiary alicyclic amines) is 1. The molecule has 8 heteroatoms. The summed E-state index contributed by atoms with van der Waals surface area (Å²) in [5.74, 6) is -0.0668. The monoisotopic (exact) mass is 445 g/mol. The van der Waals surface area contributed by atoms with Crippen molar-refractivity contribution in [2.75, 3.05) is 52.5 Å². The summed E-state index contributed by atoms with van der Waals surface area (Å²) in [7, 11) is 0. The Kier molecular flexibility index (Phi) is 7.55. The van der Waals surface area contributed by atoms with Crippen LogP contribution in [0.15, 0.2) is 24.3 Å². The zero-order valence-electron chi connectivity index (χ0n) is 17.8. The van der Waals surface area contributed by atoms with Gasteiger partial charge in [-0.25, -0.2) is 0 Å². The zero-order chi connectivity index (χ0) is 21.6. The van der Waals surface area contributed by atoms with Crippen molar-refractivity contribution in [3.05, 3.63) is 34.7 Å². The SMILES string of the molecule is O=C(NCCO)c1sc2ccccc2c1[C@@H]1CN(C(=O)CN2CCCCCC2)CCO1. The number of carbonyl (C=O) groups excluding carboxylic acids is 2.